The Morgan fingerprint density at radius 1 is 1.00 bits per heavy atom. The summed E-state index contributed by atoms with van der Waals surface area (Å²) in [7, 11) is -2.27. The van der Waals surface area contributed by atoms with Crippen LogP contribution in [-0.2, 0) is 10.0 Å². The van der Waals surface area contributed by atoms with Gasteiger partial charge in [0.1, 0.15) is 5.75 Å². The second-order valence-electron chi connectivity index (χ2n) is 7.41. The van der Waals surface area contributed by atoms with Gasteiger partial charge in [0.05, 0.1) is 18.2 Å². The summed E-state index contributed by atoms with van der Waals surface area (Å²) in [6.07, 6.45) is 7.55. The maximum Gasteiger partial charge on any atom is 0.283 e. The average molecular weight is 412 g/mol. The third-order valence-corrected chi connectivity index (χ3v) is 7.17. The molecule has 1 aromatic heterocycles. The number of rotatable bonds is 5. The molecule has 6 nitrogen and oxygen atoms in total. The molecule has 7 heteroatoms. The summed E-state index contributed by atoms with van der Waals surface area (Å²) in [6, 6.07) is 14.5. The van der Waals surface area contributed by atoms with Gasteiger partial charge in [-0.25, -0.2) is 0 Å². The van der Waals surface area contributed by atoms with Crippen molar-refractivity contribution in [1.82, 2.24) is 9.19 Å². The SMILES string of the molecule is COc1ccccc1-c1cn(S(=O)(=O)c2ccc(C3CCCCC3)cc2)nc1N. The highest BCUT2D eigenvalue weighted by Gasteiger charge is 2.23. The molecule has 0 saturated heterocycles. The molecule has 0 amide bonds. The normalized spacial score (nSPS) is 15.3. The minimum absolute atomic E-state index is 0.136. The van der Waals surface area contributed by atoms with Crippen LogP contribution in [0.3, 0.4) is 0 Å². The first-order chi connectivity index (χ1) is 14.0. The summed E-state index contributed by atoms with van der Waals surface area (Å²) in [5.41, 5.74) is 8.46. The molecule has 1 fully saturated rings. The van der Waals surface area contributed by atoms with E-state index >= 15 is 0 Å². The standard InChI is InChI=1S/C22H25N3O3S/c1-28-21-10-6-5-9-19(21)20-15-25(24-22(20)23)29(26,27)18-13-11-17(12-14-18)16-7-3-2-4-8-16/h5-6,9-16H,2-4,7-8H2,1H3,(H2,23,24). The van der Waals surface area contributed by atoms with Crippen molar-refractivity contribution in [1.29, 1.82) is 0 Å². The van der Waals surface area contributed by atoms with Gasteiger partial charge >= 0.3 is 0 Å². The van der Waals surface area contributed by atoms with Crippen LogP contribution < -0.4 is 10.5 Å². The first-order valence-electron chi connectivity index (χ1n) is 9.85. The van der Waals surface area contributed by atoms with Crippen LogP contribution in [0.2, 0.25) is 0 Å². The van der Waals surface area contributed by atoms with Crippen molar-refractivity contribution in [2.75, 3.05) is 12.8 Å². The molecule has 1 heterocycles. The highest BCUT2D eigenvalue weighted by atomic mass is 32.2. The van der Waals surface area contributed by atoms with Crippen LogP contribution in [0.4, 0.5) is 5.82 Å². The number of para-hydroxylation sites is 1. The molecule has 29 heavy (non-hydrogen) atoms. The van der Waals surface area contributed by atoms with Crippen molar-refractivity contribution in [2.45, 2.75) is 42.9 Å². The van der Waals surface area contributed by atoms with E-state index in [4.69, 9.17) is 10.5 Å². The van der Waals surface area contributed by atoms with Crippen LogP contribution in [0.1, 0.15) is 43.6 Å². The lowest BCUT2D eigenvalue weighted by atomic mass is 9.84. The number of aromatic nitrogens is 2. The lowest BCUT2D eigenvalue weighted by Gasteiger charge is -2.22. The molecular weight excluding hydrogens is 386 g/mol. The summed E-state index contributed by atoms with van der Waals surface area (Å²) in [6.45, 7) is 0. The van der Waals surface area contributed by atoms with E-state index in [1.54, 1.807) is 25.3 Å². The van der Waals surface area contributed by atoms with Crippen molar-refractivity contribution < 1.29 is 13.2 Å². The summed E-state index contributed by atoms with van der Waals surface area (Å²) in [5, 5.41) is 4.07. The van der Waals surface area contributed by atoms with Crippen molar-refractivity contribution in [3.63, 3.8) is 0 Å². The van der Waals surface area contributed by atoms with Crippen LogP contribution in [0, 0.1) is 0 Å². The number of anilines is 1. The minimum Gasteiger partial charge on any atom is -0.496 e. The van der Waals surface area contributed by atoms with Crippen LogP contribution in [0.25, 0.3) is 11.1 Å². The quantitative estimate of drug-likeness (QED) is 0.671. The van der Waals surface area contributed by atoms with Crippen LogP contribution in [0.5, 0.6) is 5.75 Å². The molecule has 0 unspecified atom stereocenters. The third kappa shape index (κ3) is 3.74. The van der Waals surface area contributed by atoms with E-state index in [9.17, 15) is 8.42 Å². The van der Waals surface area contributed by atoms with Crippen molar-refractivity contribution >= 4 is 15.8 Å². The Bertz CT molecular complexity index is 1100. The van der Waals surface area contributed by atoms with E-state index in [2.05, 4.69) is 5.10 Å². The van der Waals surface area contributed by atoms with E-state index in [1.165, 1.54) is 43.9 Å². The van der Waals surface area contributed by atoms with Gasteiger partial charge in [0.2, 0.25) is 0 Å². The first kappa shape index (κ1) is 19.5. The van der Waals surface area contributed by atoms with Crippen LogP contribution >= 0.6 is 0 Å². The predicted octanol–water partition coefficient (Wildman–Crippen LogP) is 4.43. The molecule has 0 radical (unpaired) electrons. The Kier molecular flexibility index (Phi) is 5.32. The first-order valence-corrected chi connectivity index (χ1v) is 11.3. The zero-order chi connectivity index (χ0) is 20.4. The maximum atomic E-state index is 13.1. The highest BCUT2D eigenvalue weighted by molar-refractivity contribution is 7.89. The Hall–Kier alpha value is -2.80. The number of nitrogen functional groups attached to an aromatic ring is 1. The van der Waals surface area contributed by atoms with Gasteiger partial charge in [-0.2, -0.15) is 12.5 Å². The highest BCUT2D eigenvalue weighted by Crippen LogP contribution is 2.35. The molecule has 1 aliphatic rings. The molecule has 4 rings (SSSR count). The molecule has 1 aliphatic carbocycles. The van der Waals surface area contributed by atoms with Gasteiger partial charge < -0.3 is 10.5 Å². The second-order valence-corrected chi connectivity index (χ2v) is 9.21. The summed E-state index contributed by atoms with van der Waals surface area (Å²) < 4.78 is 32.5. The zero-order valence-corrected chi connectivity index (χ0v) is 17.2. The molecule has 2 aromatic carbocycles. The molecule has 1 saturated carbocycles. The molecule has 2 N–H and O–H groups in total. The molecule has 152 valence electrons. The Balaban J connectivity index is 1.66. The number of nitrogens with two attached hydrogens (primary N) is 1. The summed E-state index contributed by atoms with van der Waals surface area (Å²) in [5.74, 6) is 1.27. The largest absolute Gasteiger partial charge is 0.496 e. The van der Waals surface area contributed by atoms with E-state index in [1.807, 2.05) is 30.3 Å². The lowest BCUT2D eigenvalue weighted by Crippen LogP contribution is -2.14. The molecule has 0 bridgehead atoms. The Morgan fingerprint density at radius 3 is 2.38 bits per heavy atom. The fraction of sp³-hybridized carbons (Fsp3) is 0.318. The number of hydrogen-bond donors (Lipinski definition) is 1. The number of hydrogen-bond acceptors (Lipinski definition) is 5. The second kappa shape index (κ2) is 7.91. The fourth-order valence-electron chi connectivity index (χ4n) is 4.02. The molecular formula is C22H25N3O3S. The molecule has 0 aliphatic heterocycles. The van der Waals surface area contributed by atoms with E-state index in [0.717, 1.165) is 4.09 Å². The van der Waals surface area contributed by atoms with Gasteiger partial charge in [-0.05, 0) is 42.5 Å². The number of nitrogens with zero attached hydrogens (tertiary/aromatic N) is 2. The van der Waals surface area contributed by atoms with Crippen molar-refractivity contribution in [3.05, 3.63) is 60.3 Å². The third-order valence-electron chi connectivity index (χ3n) is 5.62. The van der Waals surface area contributed by atoms with Crippen LogP contribution in [-0.4, -0.2) is 24.7 Å². The van der Waals surface area contributed by atoms with Crippen LogP contribution in [0.15, 0.2) is 59.6 Å². The van der Waals surface area contributed by atoms with Gasteiger partial charge in [-0.1, -0.05) is 49.6 Å². The predicted molar refractivity (Wildman–Crippen MR) is 113 cm³/mol. The van der Waals surface area contributed by atoms with Gasteiger partial charge in [0, 0.05) is 11.1 Å². The fourth-order valence-corrected chi connectivity index (χ4v) is 5.15. The monoisotopic (exact) mass is 411 g/mol. The summed E-state index contributed by atoms with van der Waals surface area (Å²) in [4.78, 5) is 0.200. The van der Waals surface area contributed by atoms with Gasteiger partial charge in [0.15, 0.2) is 5.82 Å². The van der Waals surface area contributed by atoms with E-state index in [-0.39, 0.29) is 10.7 Å². The van der Waals surface area contributed by atoms with Gasteiger partial charge in [-0.3, -0.25) is 0 Å². The maximum absolute atomic E-state index is 13.1. The van der Waals surface area contributed by atoms with Crippen molar-refractivity contribution in [2.24, 2.45) is 0 Å². The minimum atomic E-state index is -3.83. The summed E-state index contributed by atoms with van der Waals surface area (Å²) >= 11 is 0. The lowest BCUT2D eigenvalue weighted by molar-refractivity contribution is 0.416. The Labute approximate surface area is 171 Å². The number of benzene rings is 2. The van der Waals surface area contributed by atoms with E-state index in [0.29, 0.717) is 22.8 Å². The van der Waals surface area contributed by atoms with E-state index < -0.39 is 10.0 Å². The number of methoxy groups -OCH3 is 1. The van der Waals surface area contributed by atoms with Crippen molar-refractivity contribution in [3.8, 4) is 16.9 Å². The topological polar surface area (TPSA) is 87.2 Å². The average Bonchev–Trinajstić information content (AvgIpc) is 3.16. The Morgan fingerprint density at radius 2 is 1.69 bits per heavy atom. The number of ether oxygens (including phenoxy) is 1. The van der Waals surface area contributed by atoms with Gasteiger partial charge in [-0.15, -0.1) is 5.10 Å². The molecule has 0 spiro atoms. The van der Waals surface area contributed by atoms with Gasteiger partial charge in [0.25, 0.3) is 10.0 Å². The molecule has 3 aromatic rings. The molecule has 0 atom stereocenters. The zero-order valence-electron chi connectivity index (χ0n) is 16.4. The smallest absolute Gasteiger partial charge is 0.283 e.